The second-order valence-corrected chi connectivity index (χ2v) is 3.02. The average molecular weight is 185 g/mol. The van der Waals surface area contributed by atoms with Gasteiger partial charge in [0.05, 0.1) is 17.7 Å². The Morgan fingerprint density at radius 3 is 3.00 bits per heavy atom. The number of cyclic esters (lactones) is 1. The maximum absolute atomic E-state index is 11.4. The lowest BCUT2D eigenvalue weighted by Gasteiger charge is -1.96. The molecule has 0 atom stereocenters. The number of carbonyl (C=O) groups excluding carboxylic acids is 1. The maximum atomic E-state index is 11.4. The van der Waals surface area contributed by atoms with Gasteiger partial charge in [0.15, 0.2) is 0 Å². The number of esters is 1. The van der Waals surface area contributed by atoms with Crippen molar-refractivity contribution in [3.05, 3.63) is 41.0 Å². The van der Waals surface area contributed by atoms with E-state index in [2.05, 4.69) is 0 Å². The molecule has 68 valence electrons. The van der Waals surface area contributed by atoms with Crippen molar-refractivity contribution < 1.29 is 9.53 Å². The van der Waals surface area contributed by atoms with Crippen LogP contribution in [-0.4, -0.2) is 5.97 Å². The lowest BCUT2D eigenvalue weighted by Crippen LogP contribution is -1.96. The third kappa shape index (κ3) is 1.09. The number of hydrogen-bond donors (Lipinski definition) is 0. The van der Waals surface area contributed by atoms with Crippen LogP contribution in [0, 0.1) is 18.3 Å². The second kappa shape index (κ2) is 3.00. The zero-order valence-corrected chi connectivity index (χ0v) is 7.57. The third-order valence-corrected chi connectivity index (χ3v) is 2.14. The number of hydrogen-bond acceptors (Lipinski definition) is 3. The summed E-state index contributed by atoms with van der Waals surface area (Å²) in [6.45, 7) is 1.84. The van der Waals surface area contributed by atoms with Crippen molar-refractivity contribution in [3.8, 4) is 6.07 Å². The molecule has 0 aromatic heterocycles. The van der Waals surface area contributed by atoms with Gasteiger partial charge in [0.2, 0.25) is 0 Å². The average Bonchev–Trinajstić information content (AvgIpc) is 2.46. The number of allylic oxidation sites excluding steroid dienone is 1. The van der Waals surface area contributed by atoms with Gasteiger partial charge in [-0.25, -0.2) is 4.79 Å². The first kappa shape index (κ1) is 8.52. The van der Waals surface area contributed by atoms with Gasteiger partial charge >= 0.3 is 5.97 Å². The Morgan fingerprint density at radius 1 is 1.50 bits per heavy atom. The van der Waals surface area contributed by atoms with E-state index in [9.17, 15) is 4.79 Å². The van der Waals surface area contributed by atoms with Crippen molar-refractivity contribution in [2.24, 2.45) is 0 Å². The Kier molecular flexibility index (Phi) is 1.83. The van der Waals surface area contributed by atoms with Crippen molar-refractivity contribution in [2.75, 3.05) is 0 Å². The van der Waals surface area contributed by atoms with Crippen LogP contribution in [0.3, 0.4) is 0 Å². The fourth-order valence-corrected chi connectivity index (χ4v) is 1.52. The molecule has 0 spiro atoms. The summed E-state index contributed by atoms with van der Waals surface area (Å²) in [5.41, 5.74) is 2.14. The van der Waals surface area contributed by atoms with Crippen LogP contribution < -0.4 is 0 Å². The predicted octanol–water partition coefficient (Wildman–Crippen LogP) is 2.03. The van der Waals surface area contributed by atoms with Crippen LogP contribution in [-0.2, 0) is 4.74 Å². The topological polar surface area (TPSA) is 50.1 Å². The monoisotopic (exact) mass is 185 g/mol. The largest absolute Gasteiger partial charge is 0.421 e. The standard InChI is InChI=1S/C11H7NO2/c1-7-3-2-4-8-9(5-6-12)14-11(13)10(7)8/h2-5H,1H3. The van der Waals surface area contributed by atoms with Gasteiger partial charge in [-0.2, -0.15) is 5.26 Å². The van der Waals surface area contributed by atoms with Crippen molar-refractivity contribution >= 4 is 11.7 Å². The predicted molar refractivity (Wildman–Crippen MR) is 50.2 cm³/mol. The van der Waals surface area contributed by atoms with E-state index < -0.39 is 0 Å². The number of fused-ring (bicyclic) bond motifs is 1. The summed E-state index contributed by atoms with van der Waals surface area (Å²) in [5, 5.41) is 8.49. The summed E-state index contributed by atoms with van der Waals surface area (Å²) < 4.78 is 4.95. The molecule has 0 amide bonds. The quantitative estimate of drug-likeness (QED) is 0.459. The van der Waals surface area contributed by atoms with Gasteiger partial charge in [-0.15, -0.1) is 0 Å². The lowest BCUT2D eigenvalue weighted by molar-refractivity contribution is 0.0715. The molecule has 1 aliphatic heterocycles. The van der Waals surface area contributed by atoms with Crippen LogP contribution in [0.25, 0.3) is 5.76 Å². The number of nitrogens with zero attached hydrogens (tertiary/aromatic N) is 1. The molecule has 0 N–H and O–H groups in total. The summed E-state index contributed by atoms with van der Waals surface area (Å²) in [5.74, 6) is -0.0317. The van der Waals surface area contributed by atoms with Crippen LogP contribution in [0.2, 0.25) is 0 Å². The van der Waals surface area contributed by atoms with Crippen LogP contribution in [0.15, 0.2) is 24.3 Å². The molecule has 0 bridgehead atoms. The number of carbonyl (C=O) groups is 1. The summed E-state index contributed by atoms with van der Waals surface area (Å²) in [4.78, 5) is 11.4. The Morgan fingerprint density at radius 2 is 2.29 bits per heavy atom. The summed E-state index contributed by atoms with van der Waals surface area (Å²) in [6.07, 6.45) is 1.24. The third-order valence-electron chi connectivity index (χ3n) is 2.14. The van der Waals surface area contributed by atoms with Crippen molar-refractivity contribution in [2.45, 2.75) is 6.92 Å². The molecule has 1 heterocycles. The molecule has 3 heteroatoms. The van der Waals surface area contributed by atoms with Crippen molar-refractivity contribution in [1.29, 1.82) is 5.26 Å². The highest BCUT2D eigenvalue weighted by Crippen LogP contribution is 2.31. The number of benzene rings is 1. The molecule has 0 saturated carbocycles. The molecule has 3 nitrogen and oxygen atoms in total. The Labute approximate surface area is 81.2 Å². The SMILES string of the molecule is Cc1cccc2c1C(=O)OC2=CC#N. The first-order valence-corrected chi connectivity index (χ1v) is 4.16. The molecule has 14 heavy (non-hydrogen) atoms. The fraction of sp³-hybridized carbons (Fsp3) is 0.0909. The summed E-state index contributed by atoms with van der Waals surface area (Å²) in [6, 6.07) is 7.30. The first-order valence-electron chi connectivity index (χ1n) is 4.16. The number of rotatable bonds is 0. The van der Waals surface area contributed by atoms with Crippen molar-refractivity contribution in [3.63, 3.8) is 0 Å². The maximum Gasteiger partial charge on any atom is 0.344 e. The van der Waals surface area contributed by atoms with Crippen molar-refractivity contribution in [1.82, 2.24) is 0 Å². The zero-order valence-electron chi connectivity index (χ0n) is 7.57. The van der Waals surface area contributed by atoms with Gasteiger partial charge in [-0.1, -0.05) is 18.2 Å². The molecule has 1 aromatic rings. The van der Waals surface area contributed by atoms with Crippen LogP contribution in [0.1, 0.15) is 21.5 Å². The van der Waals surface area contributed by atoms with E-state index in [1.54, 1.807) is 6.07 Å². The molecule has 1 aliphatic rings. The minimum Gasteiger partial charge on any atom is -0.421 e. The molecule has 0 aliphatic carbocycles. The Balaban J connectivity index is 2.68. The molecule has 0 saturated heterocycles. The van der Waals surface area contributed by atoms with Gasteiger partial charge in [-0.05, 0) is 12.5 Å². The highest BCUT2D eigenvalue weighted by molar-refractivity contribution is 6.04. The molecule has 0 unspecified atom stereocenters. The normalized spacial score (nSPS) is 16.3. The molecule has 0 radical (unpaired) electrons. The lowest BCUT2D eigenvalue weighted by atomic mass is 10.0. The van der Waals surface area contributed by atoms with Crippen LogP contribution >= 0.6 is 0 Å². The van der Waals surface area contributed by atoms with E-state index in [4.69, 9.17) is 10.00 Å². The van der Waals surface area contributed by atoms with Crippen LogP contribution in [0.4, 0.5) is 0 Å². The smallest absolute Gasteiger partial charge is 0.344 e. The minimum atomic E-state index is -0.375. The number of ether oxygens (including phenoxy) is 1. The van der Waals surface area contributed by atoms with Gasteiger partial charge in [0.25, 0.3) is 0 Å². The van der Waals surface area contributed by atoms with Gasteiger partial charge in [0.1, 0.15) is 5.76 Å². The van der Waals surface area contributed by atoms with Gasteiger partial charge in [0, 0.05) is 5.56 Å². The summed E-state index contributed by atoms with van der Waals surface area (Å²) >= 11 is 0. The van der Waals surface area contributed by atoms with E-state index in [0.29, 0.717) is 16.9 Å². The van der Waals surface area contributed by atoms with Crippen LogP contribution in [0.5, 0.6) is 0 Å². The van der Waals surface area contributed by atoms with E-state index in [-0.39, 0.29) is 5.97 Å². The fourth-order valence-electron chi connectivity index (χ4n) is 1.52. The molecule has 1 aromatic carbocycles. The zero-order chi connectivity index (χ0) is 10.1. The molecular formula is C11H7NO2. The number of nitriles is 1. The highest BCUT2D eigenvalue weighted by atomic mass is 16.5. The highest BCUT2D eigenvalue weighted by Gasteiger charge is 2.27. The van der Waals surface area contributed by atoms with E-state index in [1.165, 1.54) is 6.08 Å². The number of aryl methyl sites for hydroxylation is 1. The van der Waals surface area contributed by atoms with E-state index in [0.717, 1.165) is 5.56 Å². The molecule has 0 fully saturated rings. The Hall–Kier alpha value is -2.08. The van der Waals surface area contributed by atoms with E-state index >= 15 is 0 Å². The summed E-state index contributed by atoms with van der Waals surface area (Å²) in [7, 11) is 0. The molecular weight excluding hydrogens is 178 g/mol. The first-order chi connectivity index (χ1) is 6.74. The van der Waals surface area contributed by atoms with Gasteiger partial charge in [-0.3, -0.25) is 0 Å². The molecule has 2 rings (SSSR count). The second-order valence-electron chi connectivity index (χ2n) is 3.02. The van der Waals surface area contributed by atoms with E-state index in [1.807, 2.05) is 25.1 Å². The Bertz CT molecular complexity index is 481. The van der Waals surface area contributed by atoms with Gasteiger partial charge < -0.3 is 4.74 Å². The minimum absolute atomic E-state index is 0.344.